The minimum absolute atomic E-state index is 0.0580. The van der Waals surface area contributed by atoms with Gasteiger partial charge in [0.25, 0.3) is 0 Å². The van der Waals surface area contributed by atoms with Crippen molar-refractivity contribution in [1.29, 1.82) is 0 Å². The van der Waals surface area contributed by atoms with E-state index in [1.807, 2.05) is 42.5 Å². The van der Waals surface area contributed by atoms with E-state index in [4.69, 9.17) is 9.84 Å². The van der Waals surface area contributed by atoms with E-state index in [0.29, 0.717) is 12.2 Å². The van der Waals surface area contributed by atoms with Crippen molar-refractivity contribution in [2.24, 2.45) is 0 Å². The van der Waals surface area contributed by atoms with Crippen molar-refractivity contribution >= 4 is 5.97 Å². The SMILES string of the molecule is COc1cc(-c2ccc(CCC(=O)O)cc2)ccc1CO. The molecule has 0 atom stereocenters. The number of hydrogen-bond acceptors (Lipinski definition) is 3. The minimum atomic E-state index is -0.789. The summed E-state index contributed by atoms with van der Waals surface area (Å²) in [5, 5.41) is 17.9. The van der Waals surface area contributed by atoms with Crippen LogP contribution in [-0.4, -0.2) is 23.3 Å². The van der Waals surface area contributed by atoms with Crippen LogP contribution in [0.15, 0.2) is 42.5 Å². The number of rotatable bonds is 6. The molecule has 0 bridgehead atoms. The molecule has 2 rings (SSSR count). The van der Waals surface area contributed by atoms with E-state index in [2.05, 4.69) is 0 Å². The fraction of sp³-hybridized carbons (Fsp3) is 0.235. The molecular formula is C17H18O4. The molecule has 0 spiro atoms. The first kappa shape index (κ1) is 15.1. The first-order chi connectivity index (χ1) is 10.1. The monoisotopic (exact) mass is 286 g/mol. The molecule has 0 aliphatic rings. The van der Waals surface area contributed by atoms with Crippen LogP contribution in [-0.2, 0) is 17.8 Å². The Kier molecular flexibility index (Phi) is 4.95. The lowest BCUT2D eigenvalue weighted by Crippen LogP contribution is -1.97. The van der Waals surface area contributed by atoms with E-state index in [1.54, 1.807) is 7.11 Å². The predicted molar refractivity (Wildman–Crippen MR) is 80.3 cm³/mol. The summed E-state index contributed by atoms with van der Waals surface area (Å²) in [7, 11) is 1.58. The maximum absolute atomic E-state index is 10.6. The second-order valence-electron chi connectivity index (χ2n) is 4.78. The van der Waals surface area contributed by atoms with Gasteiger partial charge in [-0.15, -0.1) is 0 Å². The predicted octanol–water partition coefficient (Wildman–Crippen LogP) is 2.87. The van der Waals surface area contributed by atoms with Crippen LogP contribution in [0.25, 0.3) is 11.1 Å². The van der Waals surface area contributed by atoms with Crippen molar-refractivity contribution in [3.05, 3.63) is 53.6 Å². The Balaban J connectivity index is 2.20. The zero-order chi connectivity index (χ0) is 15.2. The summed E-state index contributed by atoms with van der Waals surface area (Å²) in [5.41, 5.74) is 3.77. The van der Waals surface area contributed by atoms with Crippen molar-refractivity contribution in [1.82, 2.24) is 0 Å². The molecule has 0 saturated heterocycles. The Morgan fingerprint density at radius 3 is 2.33 bits per heavy atom. The minimum Gasteiger partial charge on any atom is -0.496 e. The first-order valence-corrected chi connectivity index (χ1v) is 6.73. The summed E-state index contributed by atoms with van der Waals surface area (Å²) < 4.78 is 5.26. The number of aliphatic carboxylic acids is 1. The number of carbonyl (C=O) groups is 1. The van der Waals surface area contributed by atoms with Crippen LogP contribution in [0, 0.1) is 0 Å². The lowest BCUT2D eigenvalue weighted by Gasteiger charge is -2.09. The highest BCUT2D eigenvalue weighted by Gasteiger charge is 2.06. The van der Waals surface area contributed by atoms with Gasteiger partial charge in [-0.2, -0.15) is 0 Å². The van der Waals surface area contributed by atoms with E-state index in [-0.39, 0.29) is 13.0 Å². The van der Waals surface area contributed by atoms with Gasteiger partial charge in [0.05, 0.1) is 13.7 Å². The van der Waals surface area contributed by atoms with Crippen molar-refractivity contribution in [3.63, 3.8) is 0 Å². The summed E-state index contributed by atoms with van der Waals surface area (Å²) in [6.45, 7) is -0.0580. The molecular weight excluding hydrogens is 268 g/mol. The lowest BCUT2D eigenvalue weighted by molar-refractivity contribution is -0.136. The van der Waals surface area contributed by atoms with E-state index in [9.17, 15) is 9.90 Å². The molecule has 0 aromatic heterocycles. The third kappa shape index (κ3) is 3.83. The number of benzene rings is 2. The quantitative estimate of drug-likeness (QED) is 0.857. The third-order valence-corrected chi connectivity index (χ3v) is 3.37. The lowest BCUT2D eigenvalue weighted by atomic mass is 10.0. The summed E-state index contributed by atoms with van der Waals surface area (Å²) in [5.74, 6) is -0.131. The molecule has 0 heterocycles. The summed E-state index contributed by atoms with van der Waals surface area (Å²) in [6.07, 6.45) is 0.667. The van der Waals surface area contributed by atoms with E-state index in [1.165, 1.54) is 0 Å². The van der Waals surface area contributed by atoms with Crippen molar-refractivity contribution in [3.8, 4) is 16.9 Å². The standard InChI is InChI=1S/C17H18O4/c1-21-16-10-14(7-8-15(16)11-18)13-5-2-12(3-6-13)4-9-17(19)20/h2-3,5-8,10,18H,4,9,11H2,1H3,(H,19,20). The molecule has 0 fully saturated rings. The van der Waals surface area contributed by atoms with Crippen LogP contribution >= 0.6 is 0 Å². The first-order valence-electron chi connectivity index (χ1n) is 6.73. The highest BCUT2D eigenvalue weighted by molar-refractivity contribution is 5.68. The Morgan fingerprint density at radius 1 is 1.10 bits per heavy atom. The van der Waals surface area contributed by atoms with Crippen molar-refractivity contribution < 1.29 is 19.7 Å². The molecule has 21 heavy (non-hydrogen) atoms. The van der Waals surface area contributed by atoms with Crippen molar-refractivity contribution in [2.45, 2.75) is 19.4 Å². The largest absolute Gasteiger partial charge is 0.496 e. The average Bonchev–Trinajstić information content (AvgIpc) is 2.52. The van der Waals surface area contributed by atoms with Gasteiger partial charge in [0.2, 0.25) is 0 Å². The van der Waals surface area contributed by atoms with Crippen LogP contribution < -0.4 is 4.74 Å². The average molecular weight is 286 g/mol. The summed E-state index contributed by atoms with van der Waals surface area (Å²) in [6, 6.07) is 13.5. The van der Waals surface area contributed by atoms with Gasteiger partial charge in [-0.05, 0) is 29.2 Å². The van der Waals surface area contributed by atoms with Gasteiger partial charge in [0.15, 0.2) is 0 Å². The number of hydrogen-bond donors (Lipinski definition) is 2. The van der Waals surface area contributed by atoms with Crippen LogP contribution in [0.3, 0.4) is 0 Å². The Hall–Kier alpha value is -2.33. The molecule has 0 amide bonds. The molecule has 110 valence electrons. The van der Waals surface area contributed by atoms with Crippen LogP contribution in [0.4, 0.5) is 0 Å². The number of carboxylic acids is 1. The highest BCUT2D eigenvalue weighted by Crippen LogP contribution is 2.27. The van der Waals surface area contributed by atoms with Crippen LogP contribution in [0.2, 0.25) is 0 Å². The zero-order valence-electron chi connectivity index (χ0n) is 11.9. The van der Waals surface area contributed by atoms with Crippen molar-refractivity contribution in [2.75, 3.05) is 7.11 Å². The molecule has 0 aliphatic carbocycles. The normalized spacial score (nSPS) is 10.4. The second kappa shape index (κ2) is 6.90. The molecule has 2 aromatic carbocycles. The summed E-state index contributed by atoms with van der Waals surface area (Å²) >= 11 is 0. The van der Waals surface area contributed by atoms with Gasteiger partial charge in [-0.25, -0.2) is 0 Å². The fourth-order valence-electron chi connectivity index (χ4n) is 2.17. The van der Waals surface area contributed by atoms with Gasteiger partial charge in [0.1, 0.15) is 5.75 Å². The number of methoxy groups -OCH3 is 1. The molecule has 2 aromatic rings. The Labute approximate surface area is 123 Å². The maximum Gasteiger partial charge on any atom is 0.303 e. The number of aryl methyl sites for hydroxylation is 1. The van der Waals surface area contributed by atoms with Gasteiger partial charge < -0.3 is 14.9 Å². The summed E-state index contributed by atoms with van der Waals surface area (Å²) in [4.78, 5) is 10.6. The number of aliphatic hydroxyl groups is 1. The Bertz CT molecular complexity index is 617. The van der Waals surface area contributed by atoms with E-state index < -0.39 is 5.97 Å². The number of ether oxygens (including phenoxy) is 1. The molecule has 4 heteroatoms. The second-order valence-corrected chi connectivity index (χ2v) is 4.78. The van der Waals surface area contributed by atoms with Gasteiger partial charge >= 0.3 is 5.97 Å². The smallest absolute Gasteiger partial charge is 0.303 e. The fourth-order valence-corrected chi connectivity index (χ4v) is 2.17. The molecule has 2 N–H and O–H groups in total. The molecule has 0 unspecified atom stereocenters. The molecule has 4 nitrogen and oxygen atoms in total. The van der Waals surface area contributed by atoms with Gasteiger partial charge in [0, 0.05) is 12.0 Å². The topological polar surface area (TPSA) is 66.8 Å². The Morgan fingerprint density at radius 2 is 1.76 bits per heavy atom. The zero-order valence-corrected chi connectivity index (χ0v) is 11.9. The number of carboxylic acid groups (broad SMARTS) is 1. The van der Waals surface area contributed by atoms with Crippen LogP contribution in [0.5, 0.6) is 5.75 Å². The van der Waals surface area contributed by atoms with E-state index >= 15 is 0 Å². The van der Waals surface area contributed by atoms with E-state index in [0.717, 1.165) is 22.3 Å². The van der Waals surface area contributed by atoms with Crippen LogP contribution in [0.1, 0.15) is 17.5 Å². The number of aliphatic hydroxyl groups excluding tert-OH is 1. The molecule has 0 aliphatic heterocycles. The molecule has 0 radical (unpaired) electrons. The highest BCUT2D eigenvalue weighted by atomic mass is 16.5. The van der Waals surface area contributed by atoms with Gasteiger partial charge in [-0.3, -0.25) is 4.79 Å². The molecule has 0 saturated carbocycles. The third-order valence-electron chi connectivity index (χ3n) is 3.37. The van der Waals surface area contributed by atoms with Gasteiger partial charge in [-0.1, -0.05) is 36.4 Å². The maximum atomic E-state index is 10.6.